The summed E-state index contributed by atoms with van der Waals surface area (Å²) in [6, 6.07) is 0. The number of hydrogen-bond acceptors (Lipinski definition) is 4. The van der Waals surface area contributed by atoms with E-state index in [-0.39, 0.29) is 0 Å². The molecule has 0 N–H and O–H groups in total. The zero-order chi connectivity index (χ0) is 14.4. The van der Waals surface area contributed by atoms with Gasteiger partial charge in [-0.1, -0.05) is 23.8 Å². The fourth-order valence-electron chi connectivity index (χ4n) is 2.33. The fraction of sp³-hybridized carbons (Fsp3) is 0.600. The molecule has 106 valence electrons. The standard InChI is InChI=1S/C15H22O4/c1-10(2)12-7-5-11(6-8-12)9-13(14(16)18-3)15(17)19-4/h5,12-13H,1,6-9H2,2-4H3/t12-/m1/s1. The highest BCUT2D eigenvalue weighted by molar-refractivity contribution is 5.95. The Morgan fingerprint density at radius 1 is 1.37 bits per heavy atom. The number of methoxy groups -OCH3 is 2. The summed E-state index contributed by atoms with van der Waals surface area (Å²) < 4.78 is 9.31. The molecular weight excluding hydrogens is 244 g/mol. The van der Waals surface area contributed by atoms with Crippen molar-refractivity contribution in [3.8, 4) is 0 Å². The number of ether oxygens (including phenoxy) is 2. The van der Waals surface area contributed by atoms with Crippen LogP contribution in [-0.4, -0.2) is 26.2 Å². The van der Waals surface area contributed by atoms with Crippen LogP contribution in [0.4, 0.5) is 0 Å². The van der Waals surface area contributed by atoms with E-state index in [2.05, 4.69) is 22.1 Å². The molecule has 1 rings (SSSR count). The van der Waals surface area contributed by atoms with Crippen LogP contribution in [0.25, 0.3) is 0 Å². The Hall–Kier alpha value is -1.58. The van der Waals surface area contributed by atoms with E-state index in [9.17, 15) is 9.59 Å². The van der Waals surface area contributed by atoms with Crippen LogP contribution in [0.3, 0.4) is 0 Å². The second-order valence-electron chi connectivity index (χ2n) is 4.98. The van der Waals surface area contributed by atoms with Gasteiger partial charge in [0.1, 0.15) is 0 Å². The number of rotatable bonds is 5. The maximum absolute atomic E-state index is 11.6. The summed E-state index contributed by atoms with van der Waals surface area (Å²) in [6.45, 7) is 6.01. The van der Waals surface area contributed by atoms with E-state index in [1.165, 1.54) is 19.8 Å². The molecule has 0 fully saturated rings. The Labute approximate surface area is 114 Å². The van der Waals surface area contributed by atoms with E-state index in [1.807, 2.05) is 6.92 Å². The Balaban J connectivity index is 2.68. The smallest absolute Gasteiger partial charge is 0.320 e. The first kappa shape index (κ1) is 15.5. The lowest BCUT2D eigenvalue weighted by Gasteiger charge is -2.23. The molecule has 0 aliphatic heterocycles. The summed E-state index contributed by atoms with van der Waals surface area (Å²) >= 11 is 0. The van der Waals surface area contributed by atoms with Gasteiger partial charge in [0, 0.05) is 0 Å². The molecule has 4 heteroatoms. The summed E-state index contributed by atoms with van der Waals surface area (Å²) in [4.78, 5) is 23.2. The van der Waals surface area contributed by atoms with Crippen molar-refractivity contribution >= 4 is 11.9 Å². The summed E-state index contributed by atoms with van der Waals surface area (Å²) in [6.07, 6.45) is 5.35. The largest absolute Gasteiger partial charge is 0.468 e. The third kappa shape index (κ3) is 4.23. The maximum Gasteiger partial charge on any atom is 0.320 e. The minimum Gasteiger partial charge on any atom is -0.468 e. The lowest BCUT2D eigenvalue weighted by atomic mass is 9.83. The Morgan fingerprint density at radius 2 is 1.95 bits per heavy atom. The average Bonchev–Trinajstić information content (AvgIpc) is 2.43. The van der Waals surface area contributed by atoms with Gasteiger partial charge in [-0.15, -0.1) is 0 Å². The van der Waals surface area contributed by atoms with E-state index < -0.39 is 17.9 Å². The van der Waals surface area contributed by atoms with Crippen LogP contribution in [0.1, 0.15) is 32.6 Å². The molecule has 1 aliphatic rings. The highest BCUT2D eigenvalue weighted by Crippen LogP contribution is 2.31. The van der Waals surface area contributed by atoms with Gasteiger partial charge < -0.3 is 9.47 Å². The van der Waals surface area contributed by atoms with Crippen molar-refractivity contribution in [2.24, 2.45) is 11.8 Å². The first-order valence-electron chi connectivity index (χ1n) is 6.48. The molecule has 4 nitrogen and oxygen atoms in total. The van der Waals surface area contributed by atoms with E-state index >= 15 is 0 Å². The molecule has 0 amide bonds. The van der Waals surface area contributed by atoms with Crippen molar-refractivity contribution in [1.29, 1.82) is 0 Å². The fourth-order valence-corrected chi connectivity index (χ4v) is 2.33. The van der Waals surface area contributed by atoms with Gasteiger partial charge in [0.2, 0.25) is 0 Å². The lowest BCUT2D eigenvalue weighted by Crippen LogP contribution is -2.27. The highest BCUT2D eigenvalue weighted by atomic mass is 16.5. The quantitative estimate of drug-likeness (QED) is 0.436. The molecule has 0 unspecified atom stereocenters. The van der Waals surface area contributed by atoms with Crippen LogP contribution >= 0.6 is 0 Å². The molecule has 0 aromatic heterocycles. The molecule has 0 spiro atoms. The molecule has 19 heavy (non-hydrogen) atoms. The molecule has 0 aromatic carbocycles. The van der Waals surface area contributed by atoms with E-state index in [0.717, 1.165) is 24.8 Å². The summed E-state index contributed by atoms with van der Waals surface area (Å²) in [5, 5.41) is 0. The predicted molar refractivity (Wildman–Crippen MR) is 72.4 cm³/mol. The van der Waals surface area contributed by atoms with Crippen LogP contribution in [0.15, 0.2) is 23.8 Å². The molecule has 1 aliphatic carbocycles. The van der Waals surface area contributed by atoms with Crippen LogP contribution < -0.4 is 0 Å². The number of esters is 2. The predicted octanol–water partition coefficient (Wildman–Crippen LogP) is 2.64. The zero-order valence-corrected chi connectivity index (χ0v) is 11.9. The van der Waals surface area contributed by atoms with Crippen molar-refractivity contribution in [3.63, 3.8) is 0 Å². The SMILES string of the molecule is C=C(C)[C@@H]1CC=C(CC(C(=O)OC)C(=O)OC)CC1. The number of hydrogen-bond donors (Lipinski definition) is 0. The first-order valence-corrected chi connectivity index (χ1v) is 6.48. The average molecular weight is 266 g/mol. The first-order chi connectivity index (χ1) is 8.99. The van der Waals surface area contributed by atoms with Crippen molar-refractivity contribution in [2.75, 3.05) is 14.2 Å². The summed E-state index contributed by atoms with van der Waals surface area (Å²) in [5.41, 5.74) is 2.31. The van der Waals surface area contributed by atoms with Crippen LogP contribution in [0.5, 0.6) is 0 Å². The van der Waals surface area contributed by atoms with Gasteiger partial charge in [-0.05, 0) is 38.5 Å². The van der Waals surface area contributed by atoms with E-state index in [0.29, 0.717) is 12.3 Å². The molecule has 0 saturated heterocycles. The second-order valence-corrected chi connectivity index (χ2v) is 4.98. The number of carbonyl (C=O) groups excluding carboxylic acids is 2. The van der Waals surface area contributed by atoms with Crippen LogP contribution in [0, 0.1) is 11.8 Å². The van der Waals surface area contributed by atoms with Crippen molar-refractivity contribution in [3.05, 3.63) is 23.8 Å². The molecule has 0 saturated carbocycles. The van der Waals surface area contributed by atoms with Crippen LogP contribution in [-0.2, 0) is 19.1 Å². The molecule has 0 bridgehead atoms. The van der Waals surface area contributed by atoms with Gasteiger partial charge >= 0.3 is 11.9 Å². The lowest BCUT2D eigenvalue weighted by molar-refractivity contribution is -0.158. The maximum atomic E-state index is 11.6. The Morgan fingerprint density at radius 3 is 2.32 bits per heavy atom. The minimum atomic E-state index is -0.845. The highest BCUT2D eigenvalue weighted by Gasteiger charge is 2.30. The summed E-state index contributed by atoms with van der Waals surface area (Å²) in [5.74, 6) is -1.40. The number of allylic oxidation sites excluding steroid dienone is 3. The normalized spacial score (nSPS) is 18.7. The van der Waals surface area contributed by atoms with Gasteiger partial charge in [-0.25, -0.2) is 0 Å². The third-order valence-electron chi connectivity index (χ3n) is 3.64. The van der Waals surface area contributed by atoms with Crippen molar-refractivity contribution in [2.45, 2.75) is 32.6 Å². The molecule has 0 aromatic rings. The molecule has 0 radical (unpaired) electrons. The van der Waals surface area contributed by atoms with Gasteiger partial charge in [0.25, 0.3) is 0 Å². The summed E-state index contributed by atoms with van der Waals surface area (Å²) in [7, 11) is 2.56. The molecule has 0 heterocycles. The second kappa shape index (κ2) is 7.12. The molecular formula is C15H22O4. The number of carbonyl (C=O) groups is 2. The van der Waals surface area contributed by atoms with E-state index in [4.69, 9.17) is 0 Å². The van der Waals surface area contributed by atoms with Gasteiger partial charge in [-0.3, -0.25) is 9.59 Å². The van der Waals surface area contributed by atoms with Crippen molar-refractivity contribution < 1.29 is 19.1 Å². The Bertz CT molecular complexity index is 379. The molecule has 1 atom stereocenters. The van der Waals surface area contributed by atoms with Gasteiger partial charge in [0.05, 0.1) is 14.2 Å². The van der Waals surface area contributed by atoms with Crippen LogP contribution in [0.2, 0.25) is 0 Å². The van der Waals surface area contributed by atoms with Gasteiger partial charge in [-0.2, -0.15) is 0 Å². The Kier molecular flexibility index (Phi) is 5.80. The monoisotopic (exact) mass is 266 g/mol. The topological polar surface area (TPSA) is 52.6 Å². The zero-order valence-electron chi connectivity index (χ0n) is 11.9. The van der Waals surface area contributed by atoms with E-state index in [1.54, 1.807) is 0 Å². The minimum absolute atomic E-state index is 0.391. The van der Waals surface area contributed by atoms with Gasteiger partial charge in [0.15, 0.2) is 5.92 Å². The third-order valence-corrected chi connectivity index (χ3v) is 3.64. The van der Waals surface area contributed by atoms with Crippen molar-refractivity contribution in [1.82, 2.24) is 0 Å².